The number of ether oxygens (including phenoxy) is 1. The zero-order valence-electron chi connectivity index (χ0n) is 11.5. The first-order chi connectivity index (χ1) is 10.7. The normalized spacial score (nSPS) is 31.8. The fourth-order valence-corrected chi connectivity index (χ4v) is 2.01. The second-order valence-corrected chi connectivity index (χ2v) is 3.88. The van der Waals surface area contributed by atoms with E-state index < -0.39 is 24.1 Å². The van der Waals surface area contributed by atoms with E-state index in [1.54, 1.807) is 0 Å². The lowest BCUT2D eigenvalue weighted by Gasteiger charge is -2.32. The molecule has 0 aromatic rings. The molecule has 1 aliphatic heterocycles. The maximum absolute atomic E-state index is 5.68. The van der Waals surface area contributed by atoms with Gasteiger partial charge in [-0.15, -0.1) is 27.9 Å². The highest BCUT2D eigenvalue weighted by Crippen LogP contribution is 2.35. The molecule has 1 saturated heterocycles. The Morgan fingerprint density at radius 3 is 2.09 bits per heavy atom. The first-order valence-electron chi connectivity index (χ1n) is 5.87. The summed E-state index contributed by atoms with van der Waals surface area (Å²) in [6.45, 7) is -0.351. The van der Waals surface area contributed by atoms with E-state index in [0.717, 1.165) is 0 Å². The molecule has 0 aromatic heterocycles. The number of hydrogen-bond acceptors (Lipinski definition) is 16. The quantitative estimate of drug-likeness (QED) is 0.118. The van der Waals surface area contributed by atoms with Gasteiger partial charge in [-0.1, -0.05) is 0 Å². The van der Waals surface area contributed by atoms with Crippen LogP contribution in [0.2, 0.25) is 0 Å². The molecule has 1 heterocycles. The molecule has 15 N–H and O–H groups in total. The molecule has 16 nitrogen and oxygen atoms in total. The largest absolute Gasteiger partial charge is 0.335 e. The SMILES string of the molecule is NNOC[C@H]1OC(CONN)(ONN)[C@@H](ONN)[C@H]1ONN. The second-order valence-electron chi connectivity index (χ2n) is 3.88. The molecule has 1 fully saturated rings. The van der Waals surface area contributed by atoms with Gasteiger partial charge in [0.2, 0.25) is 5.79 Å². The van der Waals surface area contributed by atoms with Crippen molar-refractivity contribution < 1.29 is 28.9 Å². The van der Waals surface area contributed by atoms with Gasteiger partial charge in [-0.3, -0.25) is 19.4 Å². The van der Waals surface area contributed by atoms with Crippen LogP contribution in [0.5, 0.6) is 0 Å². The Bertz CT molecular complexity index is 303. The van der Waals surface area contributed by atoms with Crippen molar-refractivity contribution in [1.29, 1.82) is 0 Å². The molecule has 1 unspecified atom stereocenters. The van der Waals surface area contributed by atoms with Crippen LogP contribution < -0.4 is 57.2 Å². The number of rotatable bonds is 12. The number of hydrogen-bond donors (Lipinski definition) is 10. The highest BCUT2D eigenvalue weighted by Gasteiger charge is 2.60. The van der Waals surface area contributed by atoms with Gasteiger partial charge in [-0.25, -0.2) is 34.1 Å². The predicted molar refractivity (Wildman–Crippen MR) is 67.0 cm³/mol. The van der Waals surface area contributed by atoms with E-state index in [1.165, 1.54) is 0 Å². The molecule has 0 amide bonds. The van der Waals surface area contributed by atoms with Gasteiger partial charge in [0, 0.05) is 0 Å². The lowest BCUT2D eigenvalue weighted by molar-refractivity contribution is -0.326. The lowest BCUT2D eigenvalue weighted by Crippen LogP contribution is -2.58. The Morgan fingerprint density at radius 2 is 1.55 bits per heavy atom. The summed E-state index contributed by atoms with van der Waals surface area (Å²) in [7, 11) is 0. The van der Waals surface area contributed by atoms with Crippen molar-refractivity contribution >= 4 is 0 Å². The van der Waals surface area contributed by atoms with Crippen molar-refractivity contribution in [2.75, 3.05) is 13.2 Å². The third-order valence-corrected chi connectivity index (χ3v) is 2.77. The molecule has 0 radical (unpaired) electrons. The fourth-order valence-electron chi connectivity index (χ4n) is 2.01. The van der Waals surface area contributed by atoms with Crippen LogP contribution in [0.1, 0.15) is 0 Å². The average molecular weight is 330 g/mol. The van der Waals surface area contributed by atoms with Crippen LogP contribution in [-0.2, 0) is 28.9 Å². The number of nitrogens with one attached hydrogen (secondary N) is 5. The van der Waals surface area contributed by atoms with Crippen molar-refractivity contribution in [3.8, 4) is 0 Å². The van der Waals surface area contributed by atoms with E-state index in [-0.39, 0.29) is 13.2 Å². The van der Waals surface area contributed by atoms with Gasteiger partial charge in [0.25, 0.3) is 0 Å². The van der Waals surface area contributed by atoms with Gasteiger partial charge in [0.05, 0.1) is 6.61 Å². The molecular weight excluding hydrogens is 308 g/mol. The molecule has 0 spiro atoms. The second kappa shape index (κ2) is 10.2. The maximum Gasteiger partial charge on any atom is 0.246 e. The summed E-state index contributed by atoms with van der Waals surface area (Å²) in [6, 6.07) is 0. The monoisotopic (exact) mass is 330 g/mol. The molecule has 1 aliphatic rings. The van der Waals surface area contributed by atoms with Gasteiger partial charge in [0.1, 0.15) is 18.8 Å². The van der Waals surface area contributed by atoms with Crippen LogP contribution in [0, 0.1) is 0 Å². The predicted octanol–water partition coefficient (Wildman–Crippen LogP) is -6.21. The van der Waals surface area contributed by atoms with Crippen LogP contribution in [0.4, 0.5) is 0 Å². The van der Waals surface area contributed by atoms with E-state index in [4.69, 9.17) is 58.1 Å². The van der Waals surface area contributed by atoms with E-state index in [1.807, 2.05) is 27.9 Å². The van der Waals surface area contributed by atoms with Crippen LogP contribution in [0.25, 0.3) is 0 Å². The van der Waals surface area contributed by atoms with Crippen molar-refractivity contribution in [2.24, 2.45) is 29.2 Å². The summed E-state index contributed by atoms with van der Waals surface area (Å²) in [5.74, 6) is 24.0. The average Bonchev–Trinajstić information content (AvgIpc) is 2.79. The summed E-state index contributed by atoms with van der Waals surface area (Å²) < 4.78 is 5.68. The van der Waals surface area contributed by atoms with Crippen molar-refractivity contribution in [3.05, 3.63) is 0 Å². The smallest absolute Gasteiger partial charge is 0.246 e. The summed E-state index contributed by atoms with van der Waals surface area (Å²) in [4.78, 5) is 25.2. The van der Waals surface area contributed by atoms with Crippen LogP contribution in [-0.4, -0.2) is 37.3 Å². The van der Waals surface area contributed by atoms with Crippen molar-refractivity contribution in [1.82, 2.24) is 27.9 Å². The molecule has 0 aromatic carbocycles. The Balaban J connectivity index is 2.98. The van der Waals surface area contributed by atoms with Crippen LogP contribution >= 0.6 is 0 Å². The van der Waals surface area contributed by atoms with E-state index in [2.05, 4.69) is 0 Å². The molecule has 0 bridgehead atoms. The van der Waals surface area contributed by atoms with Crippen molar-refractivity contribution in [2.45, 2.75) is 24.1 Å². The molecule has 1 rings (SSSR count). The molecule has 132 valence electrons. The number of nitrogens with two attached hydrogens (primary N) is 5. The molecule has 4 atom stereocenters. The fraction of sp³-hybridized carbons (Fsp3) is 1.00. The van der Waals surface area contributed by atoms with E-state index >= 15 is 0 Å². The molecular formula is C6H22N10O6. The van der Waals surface area contributed by atoms with Gasteiger partial charge < -0.3 is 4.74 Å². The van der Waals surface area contributed by atoms with Crippen LogP contribution in [0.15, 0.2) is 0 Å². The van der Waals surface area contributed by atoms with E-state index in [9.17, 15) is 0 Å². The Labute approximate surface area is 124 Å². The minimum Gasteiger partial charge on any atom is -0.335 e. The standard InChI is InChI=1S/C6H22N10O6/c7-12-17-1-3-4(20-14-9)5(21-15-10)6(19-3,22-16-11)2-18-13-8/h3-5,12-16H,1-2,7-11H2/t3-,4+,5+,6?/m1/s1. The summed E-state index contributed by atoms with van der Waals surface area (Å²) in [5.41, 5.74) is 9.95. The van der Waals surface area contributed by atoms with Gasteiger partial charge in [-0.2, -0.15) is 0 Å². The zero-order chi connectivity index (χ0) is 16.4. The Hall–Kier alpha value is -0.640. The first-order valence-corrected chi connectivity index (χ1v) is 5.87. The molecule has 16 heteroatoms. The number of hydrazine groups is 5. The summed E-state index contributed by atoms with van der Waals surface area (Å²) >= 11 is 0. The highest BCUT2D eigenvalue weighted by molar-refractivity contribution is 4.98. The maximum atomic E-state index is 5.68. The third kappa shape index (κ3) is 4.68. The van der Waals surface area contributed by atoms with Crippen LogP contribution in [0.3, 0.4) is 0 Å². The molecule has 0 aliphatic carbocycles. The van der Waals surface area contributed by atoms with Gasteiger partial charge in [0.15, 0.2) is 6.10 Å². The first kappa shape index (κ1) is 19.4. The highest BCUT2D eigenvalue weighted by atomic mass is 16.9. The Kier molecular flexibility index (Phi) is 8.99. The van der Waals surface area contributed by atoms with Gasteiger partial charge in [-0.05, 0) is 0 Å². The molecule has 22 heavy (non-hydrogen) atoms. The zero-order valence-corrected chi connectivity index (χ0v) is 11.5. The summed E-state index contributed by atoms with van der Waals surface area (Å²) in [6.07, 6.45) is -2.67. The third-order valence-electron chi connectivity index (χ3n) is 2.77. The Morgan fingerprint density at radius 1 is 0.864 bits per heavy atom. The topological polar surface area (TPSA) is 246 Å². The van der Waals surface area contributed by atoms with Gasteiger partial charge >= 0.3 is 0 Å². The minimum absolute atomic E-state index is 0.0704. The molecule has 0 saturated carbocycles. The van der Waals surface area contributed by atoms with E-state index in [0.29, 0.717) is 0 Å². The van der Waals surface area contributed by atoms with Crippen molar-refractivity contribution in [3.63, 3.8) is 0 Å². The minimum atomic E-state index is -1.63. The lowest BCUT2D eigenvalue weighted by atomic mass is 10.1. The summed E-state index contributed by atoms with van der Waals surface area (Å²) in [5, 5.41) is 0.